The molecule has 156 valence electrons. The Morgan fingerprint density at radius 3 is 2.66 bits per heavy atom. The summed E-state index contributed by atoms with van der Waals surface area (Å²) in [5.41, 5.74) is 7.48. The molecule has 0 radical (unpaired) electrons. The number of benzene rings is 1. The second kappa shape index (κ2) is 7.53. The average molecular weight is 411 g/mol. The van der Waals surface area contributed by atoms with Gasteiger partial charge in [-0.15, -0.1) is 0 Å². The second-order valence-corrected chi connectivity index (χ2v) is 11.6. The van der Waals surface area contributed by atoms with Crippen LogP contribution < -0.4 is 5.73 Å². The molecular formula is C25H34N2OS. The first kappa shape index (κ1) is 19.8. The molecule has 6 rings (SSSR count). The van der Waals surface area contributed by atoms with Crippen LogP contribution in [0.25, 0.3) is 0 Å². The number of aliphatic imine (C=N–C) groups is 1. The van der Waals surface area contributed by atoms with Gasteiger partial charge in [0.15, 0.2) is 0 Å². The Balaban J connectivity index is 1.41. The molecular weight excluding hydrogens is 376 g/mol. The van der Waals surface area contributed by atoms with E-state index >= 15 is 0 Å². The first-order valence-electron chi connectivity index (χ1n) is 11.6. The van der Waals surface area contributed by atoms with E-state index in [4.69, 9.17) is 5.73 Å². The zero-order valence-electron chi connectivity index (χ0n) is 17.6. The highest BCUT2D eigenvalue weighted by Gasteiger charge is 2.70. The van der Waals surface area contributed by atoms with Crippen molar-refractivity contribution in [1.82, 2.24) is 0 Å². The molecule has 3 nitrogen and oxygen atoms in total. The van der Waals surface area contributed by atoms with Gasteiger partial charge in [0.2, 0.25) is 0 Å². The molecule has 0 aromatic heterocycles. The lowest BCUT2D eigenvalue weighted by Crippen LogP contribution is -2.38. The van der Waals surface area contributed by atoms with Crippen LogP contribution in [-0.2, 0) is 10.2 Å². The maximum absolute atomic E-state index is 13.6. The molecule has 29 heavy (non-hydrogen) atoms. The molecule has 4 bridgehead atoms. The number of rotatable bonds is 5. The molecule has 5 unspecified atom stereocenters. The zero-order valence-corrected chi connectivity index (χ0v) is 18.4. The van der Waals surface area contributed by atoms with Crippen LogP contribution in [0.3, 0.4) is 0 Å². The van der Waals surface area contributed by atoms with Crippen molar-refractivity contribution in [2.24, 2.45) is 33.9 Å². The van der Waals surface area contributed by atoms with Gasteiger partial charge in [-0.1, -0.05) is 37.3 Å². The quantitative estimate of drug-likeness (QED) is 0.697. The van der Waals surface area contributed by atoms with Gasteiger partial charge in [-0.25, -0.2) is 4.99 Å². The number of nitrogens with zero attached hydrogens (tertiary/aromatic N) is 1. The highest BCUT2D eigenvalue weighted by molar-refractivity contribution is 7.99. The smallest absolute Gasteiger partial charge is 0.251 e. The molecule has 0 heterocycles. The van der Waals surface area contributed by atoms with Crippen LogP contribution in [0.1, 0.15) is 63.9 Å². The van der Waals surface area contributed by atoms with Crippen LogP contribution in [0.15, 0.2) is 35.3 Å². The molecule has 2 N–H and O–H groups in total. The predicted octanol–water partition coefficient (Wildman–Crippen LogP) is 4.98. The van der Waals surface area contributed by atoms with E-state index < -0.39 is 0 Å². The second-order valence-electron chi connectivity index (χ2n) is 10.1. The molecule has 0 aliphatic heterocycles. The lowest BCUT2D eigenvalue weighted by Gasteiger charge is -2.42. The number of carbonyl (C=O) groups is 1. The fourth-order valence-electron chi connectivity index (χ4n) is 7.33. The Bertz CT molecular complexity index is 787. The molecule has 1 amide bonds. The van der Waals surface area contributed by atoms with Gasteiger partial charge in [-0.05, 0) is 85.9 Å². The van der Waals surface area contributed by atoms with Crippen molar-refractivity contribution >= 4 is 23.9 Å². The van der Waals surface area contributed by atoms with Crippen molar-refractivity contribution < 1.29 is 4.79 Å². The minimum Gasteiger partial charge on any atom is -0.328 e. The normalized spacial score (nSPS) is 43.3. The maximum atomic E-state index is 13.6. The first-order chi connectivity index (χ1) is 14.1. The zero-order chi connectivity index (χ0) is 20.1. The van der Waals surface area contributed by atoms with Crippen LogP contribution in [0.2, 0.25) is 0 Å². The molecule has 0 saturated heterocycles. The lowest BCUT2D eigenvalue weighted by molar-refractivity contribution is -0.129. The van der Waals surface area contributed by atoms with Crippen LogP contribution >= 0.6 is 11.8 Å². The van der Waals surface area contributed by atoms with Gasteiger partial charge in [0.1, 0.15) is 0 Å². The summed E-state index contributed by atoms with van der Waals surface area (Å²) in [6.45, 7) is 2.26. The van der Waals surface area contributed by atoms with Crippen molar-refractivity contribution in [1.29, 1.82) is 0 Å². The van der Waals surface area contributed by atoms with E-state index in [1.165, 1.54) is 18.4 Å². The molecule has 4 heteroatoms. The largest absolute Gasteiger partial charge is 0.328 e. The standard InChI is InChI=1S/C25H34N2OS/c1-2-29-22-18-12-24(19-6-4-3-5-7-19)14-21(22)25(13-18,16-24)23(28)27-15-17-8-10-20(26)11-9-17/h3-7,15,17-18,20-22H,2,8-14,16,26H2,1H3/b27-15+. The van der Waals surface area contributed by atoms with Gasteiger partial charge in [0, 0.05) is 17.5 Å². The Labute approximate surface area is 179 Å². The summed E-state index contributed by atoms with van der Waals surface area (Å²) in [6.07, 6.45) is 10.8. The summed E-state index contributed by atoms with van der Waals surface area (Å²) in [7, 11) is 0. The van der Waals surface area contributed by atoms with E-state index in [0.717, 1.165) is 44.3 Å². The summed E-state index contributed by atoms with van der Waals surface area (Å²) in [6, 6.07) is 11.4. The van der Waals surface area contributed by atoms with Crippen LogP contribution in [0.5, 0.6) is 0 Å². The topological polar surface area (TPSA) is 55.5 Å². The Morgan fingerprint density at radius 2 is 1.93 bits per heavy atom. The third-order valence-electron chi connectivity index (χ3n) is 8.51. The summed E-state index contributed by atoms with van der Waals surface area (Å²) in [5, 5.41) is 0.645. The van der Waals surface area contributed by atoms with Crippen molar-refractivity contribution in [3.63, 3.8) is 0 Å². The van der Waals surface area contributed by atoms with E-state index in [9.17, 15) is 4.79 Å². The third-order valence-corrected chi connectivity index (χ3v) is 9.94. The number of hydrogen-bond acceptors (Lipinski definition) is 3. The van der Waals surface area contributed by atoms with Gasteiger partial charge < -0.3 is 5.73 Å². The molecule has 0 spiro atoms. The van der Waals surface area contributed by atoms with E-state index in [2.05, 4.69) is 54.0 Å². The lowest BCUT2D eigenvalue weighted by atomic mass is 9.63. The van der Waals surface area contributed by atoms with Gasteiger partial charge in [0.05, 0.1) is 5.41 Å². The van der Waals surface area contributed by atoms with Crippen molar-refractivity contribution in [3.8, 4) is 0 Å². The Hall–Kier alpha value is -1.13. The average Bonchev–Trinajstić information content (AvgIpc) is 3.11. The van der Waals surface area contributed by atoms with Gasteiger partial charge in [-0.2, -0.15) is 11.8 Å². The Kier molecular flexibility index (Phi) is 5.14. The van der Waals surface area contributed by atoms with Crippen LogP contribution in [0.4, 0.5) is 0 Å². The number of thioether (sulfide) groups is 1. The fourth-order valence-corrected chi connectivity index (χ4v) is 8.77. The van der Waals surface area contributed by atoms with E-state index in [1.54, 1.807) is 0 Å². The number of nitrogens with two attached hydrogens (primary N) is 1. The van der Waals surface area contributed by atoms with E-state index in [-0.39, 0.29) is 16.7 Å². The molecule has 5 aliphatic rings. The number of amides is 1. The van der Waals surface area contributed by atoms with E-state index in [0.29, 0.717) is 29.0 Å². The highest BCUT2D eigenvalue weighted by Crippen LogP contribution is 2.73. The minimum absolute atomic E-state index is 0.194. The summed E-state index contributed by atoms with van der Waals surface area (Å²) in [4.78, 5) is 18.3. The highest BCUT2D eigenvalue weighted by atomic mass is 32.2. The summed E-state index contributed by atoms with van der Waals surface area (Å²) in [5.74, 6) is 2.94. The van der Waals surface area contributed by atoms with E-state index in [1.807, 2.05) is 6.21 Å². The van der Waals surface area contributed by atoms with Crippen molar-refractivity contribution in [3.05, 3.63) is 35.9 Å². The molecule has 1 aromatic rings. The molecule has 1 aromatic carbocycles. The van der Waals surface area contributed by atoms with Gasteiger partial charge >= 0.3 is 0 Å². The molecule has 5 aliphatic carbocycles. The monoisotopic (exact) mass is 410 g/mol. The minimum atomic E-state index is -0.215. The van der Waals surface area contributed by atoms with Crippen molar-refractivity contribution in [2.75, 3.05) is 5.75 Å². The fraction of sp³-hybridized carbons (Fsp3) is 0.680. The first-order valence-corrected chi connectivity index (χ1v) is 12.6. The number of carbonyl (C=O) groups excluding carboxylic acids is 1. The summed E-state index contributed by atoms with van der Waals surface area (Å²) < 4.78 is 0. The molecule has 5 saturated carbocycles. The van der Waals surface area contributed by atoms with Crippen LogP contribution in [0, 0.1) is 23.2 Å². The van der Waals surface area contributed by atoms with Crippen molar-refractivity contribution in [2.45, 2.75) is 75.0 Å². The molecule has 5 atom stereocenters. The SMILES string of the molecule is CCSC1C2CC3(c4ccccc4)CC1C(C(=O)/N=C/C1CCC(N)CC1)(C2)C3. The van der Waals surface area contributed by atoms with Crippen LogP contribution in [-0.4, -0.2) is 29.2 Å². The predicted molar refractivity (Wildman–Crippen MR) is 121 cm³/mol. The van der Waals surface area contributed by atoms with Gasteiger partial charge in [0.25, 0.3) is 5.91 Å². The van der Waals surface area contributed by atoms with Gasteiger partial charge in [-0.3, -0.25) is 4.79 Å². The summed E-state index contributed by atoms with van der Waals surface area (Å²) >= 11 is 2.10. The molecule has 5 fully saturated rings. The third kappa shape index (κ3) is 3.22. The number of hydrogen-bond donors (Lipinski definition) is 1. The Morgan fingerprint density at radius 1 is 1.17 bits per heavy atom. The maximum Gasteiger partial charge on any atom is 0.251 e.